The maximum atomic E-state index is 12.8. The van der Waals surface area contributed by atoms with E-state index in [1.807, 2.05) is 25.1 Å². The fourth-order valence-corrected chi connectivity index (χ4v) is 5.25. The number of ether oxygens (including phenoxy) is 1. The van der Waals surface area contributed by atoms with Crippen molar-refractivity contribution in [3.8, 4) is 0 Å². The number of aryl methyl sites for hydroxylation is 1. The molecule has 2 heterocycles. The van der Waals surface area contributed by atoms with Crippen LogP contribution in [0.5, 0.6) is 0 Å². The minimum absolute atomic E-state index is 0.0828. The number of morpholine rings is 1. The maximum Gasteiger partial charge on any atom is 0.253 e. The van der Waals surface area contributed by atoms with Crippen molar-refractivity contribution in [3.63, 3.8) is 0 Å². The second-order valence-corrected chi connectivity index (χ2v) is 8.65. The van der Waals surface area contributed by atoms with Crippen LogP contribution in [0.3, 0.4) is 0 Å². The van der Waals surface area contributed by atoms with E-state index in [-0.39, 0.29) is 12.5 Å². The summed E-state index contributed by atoms with van der Waals surface area (Å²) in [5, 5.41) is -0.516. The Hall–Kier alpha value is -1.44. The second-order valence-electron chi connectivity index (χ2n) is 6.44. The molecule has 1 atom stereocenters. The number of hydrogen-bond acceptors (Lipinski definition) is 4. The van der Waals surface area contributed by atoms with Crippen molar-refractivity contribution in [1.29, 1.82) is 0 Å². The summed E-state index contributed by atoms with van der Waals surface area (Å²) in [6.45, 7) is 4.53. The van der Waals surface area contributed by atoms with Crippen LogP contribution in [0.25, 0.3) is 0 Å². The van der Waals surface area contributed by atoms with E-state index >= 15 is 0 Å². The van der Waals surface area contributed by atoms with Gasteiger partial charge in [0.1, 0.15) is 0 Å². The Morgan fingerprint density at radius 3 is 2.67 bits per heavy atom. The number of hydrogen-bond donors (Lipinski definition) is 0. The Bertz CT molecular complexity index is 698. The van der Waals surface area contributed by atoms with E-state index in [2.05, 4.69) is 0 Å². The third kappa shape index (κ3) is 3.63. The average molecular weight is 352 g/mol. The topological polar surface area (TPSA) is 66.9 Å². The quantitative estimate of drug-likeness (QED) is 0.821. The highest BCUT2D eigenvalue weighted by Crippen LogP contribution is 2.22. The number of likely N-dealkylation sites (tertiary alicyclic amines) is 1. The van der Waals surface area contributed by atoms with E-state index in [4.69, 9.17) is 4.74 Å². The van der Waals surface area contributed by atoms with Crippen LogP contribution in [0.2, 0.25) is 0 Å². The summed E-state index contributed by atoms with van der Waals surface area (Å²) >= 11 is 0. The summed E-state index contributed by atoms with van der Waals surface area (Å²) in [6, 6.07) is 7.44. The van der Waals surface area contributed by atoms with Gasteiger partial charge in [0.05, 0.1) is 18.5 Å². The molecule has 2 fully saturated rings. The largest absolute Gasteiger partial charge is 0.379 e. The first kappa shape index (κ1) is 17.4. The molecule has 0 aromatic heterocycles. The summed E-state index contributed by atoms with van der Waals surface area (Å²) in [7, 11) is -3.38. The molecule has 0 saturated carbocycles. The summed E-state index contributed by atoms with van der Waals surface area (Å²) < 4.78 is 32.4. The van der Waals surface area contributed by atoms with Crippen molar-refractivity contribution in [2.75, 3.05) is 39.4 Å². The molecule has 6 nitrogen and oxygen atoms in total. The SMILES string of the molecule is Cc1cccc(C(=O)N2CCC[C@H](S(=O)(=O)N3CCOCC3)C2)c1. The van der Waals surface area contributed by atoms with Crippen molar-refractivity contribution in [3.05, 3.63) is 35.4 Å². The Balaban J connectivity index is 1.73. The lowest BCUT2D eigenvalue weighted by Gasteiger charge is -2.36. The van der Waals surface area contributed by atoms with Gasteiger partial charge in [-0.15, -0.1) is 0 Å². The molecular formula is C17H24N2O4S. The van der Waals surface area contributed by atoms with Crippen molar-refractivity contribution in [2.24, 2.45) is 0 Å². The zero-order chi connectivity index (χ0) is 17.2. The molecular weight excluding hydrogens is 328 g/mol. The van der Waals surface area contributed by atoms with Crippen molar-refractivity contribution < 1.29 is 17.9 Å². The standard InChI is InChI=1S/C17H24N2O4S/c1-14-4-2-5-15(12-14)17(20)18-7-3-6-16(13-18)24(21,22)19-8-10-23-11-9-19/h2,4-5,12,16H,3,6-11,13H2,1H3/t16-/m0/s1. The molecule has 1 aromatic rings. The van der Waals surface area contributed by atoms with Crippen LogP contribution >= 0.6 is 0 Å². The highest BCUT2D eigenvalue weighted by atomic mass is 32.2. The van der Waals surface area contributed by atoms with E-state index in [1.165, 1.54) is 4.31 Å². The van der Waals surface area contributed by atoms with Gasteiger partial charge in [0.2, 0.25) is 10.0 Å². The van der Waals surface area contributed by atoms with Crippen molar-refractivity contribution in [1.82, 2.24) is 9.21 Å². The van der Waals surface area contributed by atoms with Gasteiger partial charge in [0.15, 0.2) is 0 Å². The molecule has 0 spiro atoms. The first-order valence-corrected chi connectivity index (χ1v) is 9.91. The van der Waals surface area contributed by atoms with E-state index in [0.717, 1.165) is 5.56 Å². The van der Waals surface area contributed by atoms with Gasteiger partial charge in [0, 0.05) is 31.7 Å². The Labute approximate surface area is 143 Å². The van der Waals surface area contributed by atoms with Gasteiger partial charge in [-0.05, 0) is 31.9 Å². The minimum Gasteiger partial charge on any atom is -0.379 e. The highest BCUT2D eigenvalue weighted by Gasteiger charge is 2.37. The zero-order valence-corrected chi connectivity index (χ0v) is 14.8. The predicted molar refractivity (Wildman–Crippen MR) is 91.4 cm³/mol. The maximum absolute atomic E-state index is 12.8. The smallest absolute Gasteiger partial charge is 0.253 e. The molecule has 2 aliphatic rings. The summed E-state index contributed by atoms with van der Waals surface area (Å²) in [5.74, 6) is -0.0828. The number of piperidine rings is 1. The Morgan fingerprint density at radius 1 is 1.21 bits per heavy atom. The highest BCUT2D eigenvalue weighted by molar-refractivity contribution is 7.89. The first-order valence-electron chi connectivity index (χ1n) is 8.41. The van der Waals surface area contributed by atoms with Gasteiger partial charge in [-0.1, -0.05) is 17.7 Å². The van der Waals surface area contributed by atoms with Crippen LogP contribution in [-0.2, 0) is 14.8 Å². The molecule has 2 saturated heterocycles. The second kappa shape index (κ2) is 7.21. The van der Waals surface area contributed by atoms with Crippen LogP contribution in [0.15, 0.2) is 24.3 Å². The first-order chi connectivity index (χ1) is 11.5. The Kier molecular flexibility index (Phi) is 5.22. The van der Waals surface area contributed by atoms with Gasteiger partial charge in [-0.3, -0.25) is 4.79 Å². The summed E-state index contributed by atoms with van der Waals surface area (Å²) in [5.41, 5.74) is 1.65. The van der Waals surface area contributed by atoms with Gasteiger partial charge >= 0.3 is 0 Å². The fraction of sp³-hybridized carbons (Fsp3) is 0.588. The lowest BCUT2D eigenvalue weighted by Crippen LogP contribution is -2.51. The summed E-state index contributed by atoms with van der Waals surface area (Å²) in [6.07, 6.45) is 1.32. The molecule has 24 heavy (non-hydrogen) atoms. The van der Waals surface area contributed by atoms with Crippen LogP contribution in [-0.4, -0.2) is 68.2 Å². The van der Waals surface area contributed by atoms with E-state index in [9.17, 15) is 13.2 Å². The molecule has 0 aliphatic carbocycles. The Morgan fingerprint density at radius 2 is 1.96 bits per heavy atom. The van der Waals surface area contributed by atoms with E-state index in [0.29, 0.717) is 51.3 Å². The monoisotopic (exact) mass is 352 g/mol. The molecule has 0 N–H and O–H groups in total. The molecule has 0 radical (unpaired) electrons. The van der Waals surface area contributed by atoms with Crippen LogP contribution in [0.1, 0.15) is 28.8 Å². The van der Waals surface area contributed by atoms with Crippen molar-refractivity contribution in [2.45, 2.75) is 25.0 Å². The number of carbonyl (C=O) groups excluding carboxylic acids is 1. The lowest BCUT2D eigenvalue weighted by atomic mass is 10.1. The lowest BCUT2D eigenvalue weighted by molar-refractivity contribution is 0.0686. The van der Waals surface area contributed by atoms with Gasteiger partial charge in [-0.2, -0.15) is 4.31 Å². The van der Waals surface area contributed by atoms with E-state index < -0.39 is 15.3 Å². The fourth-order valence-electron chi connectivity index (χ4n) is 3.34. The molecule has 1 amide bonds. The molecule has 0 unspecified atom stereocenters. The number of benzene rings is 1. The number of carbonyl (C=O) groups is 1. The normalized spacial score (nSPS) is 23.2. The van der Waals surface area contributed by atoms with Crippen LogP contribution in [0.4, 0.5) is 0 Å². The molecule has 132 valence electrons. The number of rotatable bonds is 3. The molecule has 1 aromatic carbocycles. The summed E-state index contributed by atoms with van der Waals surface area (Å²) in [4.78, 5) is 14.4. The number of nitrogens with zero attached hydrogens (tertiary/aromatic N) is 2. The number of amides is 1. The molecule has 3 rings (SSSR count). The van der Waals surface area contributed by atoms with Gasteiger partial charge in [0.25, 0.3) is 5.91 Å². The van der Waals surface area contributed by atoms with Gasteiger partial charge < -0.3 is 9.64 Å². The van der Waals surface area contributed by atoms with Crippen molar-refractivity contribution >= 4 is 15.9 Å². The minimum atomic E-state index is -3.38. The third-order valence-electron chi connectivity index (χ3n) is 4.68. The van der Waals surface area contributed by atoms with Crippen LogP contribution in [0, 0.1) is 6.92 Å². The van der Waals surface area contributed by atoms with E-state index in [1.54, 1.807) is 11.0 Å². The predicted octanol–water partition coefficient (Wildman–Crippen LogP) is 1.26. The molecule has 0 bridgehead atoms. The number of sulfonamides is 1. The van der Waals surface area contributed by atoms with Crippen LogP contribution < -0.4 is 0 Å². The zero-order valence-electron chi connectivity index (χ0n) is 14.0. The third-order valence-corrected chi connectivity index (χ3v) is 6.99. The molecule has 2 aliphatic heterocycles. The molecule has 7 heteroatoms. The average Bonchev–Trinajstić information content (AvgIpc) is 2.62. The van der Waals surface area contributed by atoms with Gasteiger partial charge in [-0.25, -0.2) is 8.42 Å².